The Balaban J connectivity index is 1.71. The SMILES string of the molecule is CCOCCOc1ccc(NC(=O)C2(c3ccccc3Cl)CCCCC2)cc1. The normalized spacial score (nSPS) is 15.8. The van der Waals surface area contributed by atoms with E-state index >= 15 is 0 Å². The van der Waals surface area contributed by atoms with Gasteiger partial charge in [-0.05, 0) is 55.7 Å². The summed E-state index contributed by atoms with van der Waals surface area (Å²) in [4.78, 5) is 13.4. The van der Waals surface area contributed by atoms with Crippen LogP contribution in [0.3, 0.4) is 0 Å². The molecule has 0 saturated heterocycles. The van der Waals surface area contributed by atoms with Crippen molar-refractivity contribution in [3.63, 3.8) is 0 Å². The maximum absolute atomic E-state index is 13.4. The summed E-state index contributed by atoms with van der Waals surface area (Å²) in [6, 6.07) is 15.2. The number of amides is 1. The molecule has 4 nitrogen and oxygen atoms in total. The largest absolute Gasteiger partial charge is 0.491 e. The van der Waals surface area contributed by atoms with Crippen molar-refractivity contribution in [1.82, 2.24) is 0 Å². The molecule has 0 aliphatic heterocycles. The van der Waals surface area contributed by atoms with Crippen molar-refractivity contribution in [1.29, 1.82) is 0 Å². The second kappa shape index (κ2) is 9.94. The van der Waals surface area contributed by atoms with E-state index in [0.717, 1.165) is 49.1 Å². The number of carbonyl (C=O) groups is 1. The van der Waals surface area contributed by atoms with Crippen LogP contribution in [0.1, 0.15) is 44.6 Å². The van der Waals surface area contributed by atoms with Gasteiger partial charge in [-0.3, -0.25) is 4.79 Å². The molecule has 5 heteroatoms. The summed E-state index contributed by atoms with van der Waals surface area (Å²) in [6.07, 6.45) is 4.87. The molecule has 2 aromatic carbocycles. The number of rotatable bonds is 8. The van der Waals surface area contributed by atoms with Crippen LogP contribution < -0.4 is 10.1 Å². The van der Waals surface area contributed by atoms with E-state index in [1.807, 2.05) is 55.5 Å². The highest BCUT2D eigenvalue weighted by Gasteiger charge is 2.42. The van der Waals surface area contributed by atoms with E-state index in [-0.39, 0.29) is 5.91 Å². The van der Waals surface area contributed by atoms with E-state index in [9.17, 15) is 4.79 Å². The van der Waals surface area contributed by atoms with E-state index in [1.165, 1.54) is 0 Å². The van der Waals surface area contributed by atoms with Gasteiger partial charge in [0.2, 0.25) is 5.91 Å². The van der Waals surface area contributed by atoms with Gasteiger partial charge in [0.15, 0.2) is 0 Å². The van der Waals surface area contributed by atoms with Gasteiger partial charge < -0.3 is 14.8 Å². The molecule has 1 N–H and O–H groups in total. The monoisotopic (exact) mass is 401 g/mol. The molecule has 1 fully saturated rings. The molecule has 1 saturated carbocycles. The van der Waals surface area contributed by atoms with E-state index in [2.05, 4.69) is 5.32 Å². The predicted octanol–water partition coefficient (Wildman–Crippen LogP) is 5.60. The van der Waals surface area contributed by atoms with E-state index in [1.54, 1.807) is 0 Å². The molecule has 1 amide bonds. The van der Waals surface area contributed by atoms with Crippen LogP contribution in [0.25, 0.3) is 0 Å². The molecule has 0 spiro atoms. The first-order valence-electron chi connectivity index (χ1n) is 10.0. The maximum Gasteiger partial charge on any atom is 0.235 e. The van der Waals surface area contributed by atoms with Crippen LogP contribution in [0.4, 0.5) is 5.69 Å². The van der Waals surface area contributed by atoms with Crippen molar-refractivity contribution in [2.24, 2.45) is 0 Å². The number of halogens is 1. The molecule has 0 bridgehead atoms. The van der Waals surface area contributed by atoms with Gasteiger partial charge in [0.25, 0.3) is 0 Å². The molecule has 0 radical (unpaired) electrons. The van der Waals surface area contributed by atoms with Gasteiger partial charge in [0, 0.05) is 17.3 Å². The Morgan fingerprint density at radius 2 is 1.75 bits per heavy atom. The fourth-order valence-electron chi connectivity index (χ4n) is 3.87. The summed E-state index contributed by atoms with van der Waals surface area (Å²) < 4.78 is 10.9. The third-order valence-corrected chi connectivity index (χ3v) is 5.67. The lowest BCUT2D eigenvalue weighted by atomic mass is 9.68. The Kier molecular flexibility index (Phi) is 7.35. The van der Waals surface area contributed by atoms with Crippen molar-refractivity contribution in [2.75, 3.05) is 25.1 Å². The average Bonchev–Trinajstić information content (AvgIpc) is 2.73. The van der Waals surface area contributed by atoms with Crippen molar-refractivity contribution in [3.05, 3.63) is 59.1 Å². The van der Waals surface area contributed by atoms with Gasteiger partial charge in [-0.25, -0.2) is 0 Å². The van der Waals surface area contributed by atoms with Gasteiger partial charge in [-0.2, -0.15) is 0 Å². The van der Waals surface area contributed by atoms with Gasteiger partial charge in [0.05, 0.1) is 12.0 Å². The molecule has 1 aliphatic carbocycles. The van der Waals surface area contributed by atoms with Gasteiger partial charge >= 0.3 is 0 Å². The van der Waals surface area contributed by atoms with Crippen molar-refractivity contribution >= 4 is 23.2 Å². The third kappa shape index (κ3) is 4.86. The highest BCUT2D eigenvalue weighted by molar-refractivity contribution is 6.31. The number of hydrogen-bond acceptors (Lipinski definition) is 3. The van der Waals surface area contributed by atoms with Gasteiger partial charge in [-0.15, -0.1) is 0 Å². The smallest absolute Gasteiger partial charge is 0.235 e. The van der Waals surface area contributed by atoms with Crippen molar-refractivity contribution < 1.29 is 14.3 Å². The Hall–Kier alpha value is -2.04. The zero-order chi connectivity index (χ0) is 19.8. The lowest BCUT2D eigenvalue weighted by Gasteiger charge is -2.37. The Morgan fingerprint density at radius 3 is 2.43 bits per heavy atom. The molecule has 3 rings (SSSR count). The minimum atomic E-state index is -0.566. The van der Waals surface area contributed by atoms with E-state index in [4.69, 9.17) is 21.1 Å². The average molecular weight is 402 g/mol. The Bertz CT molecular complexity index is 770. The Morgan fingerprint density at radius 1 is 1.04 bits per heavy atom. The molecule has 150 valence electrons. The third-order valence-electron chi connectivity index (χ3n) is 5.34. The number of benzene rings is 2. The summed E-state index contributed by atoms with van der Waals surface area (Å²) in [5, 5.41) is 3.77. The second-order valence-corrected chi connectivity index (χ2v) is 7.55. The zero-order valence-corrected chi connectivity index (χ0v) is 17.1. The van der Waals surface area contributed by atoms with Crippen LogP contribution in [0.5, 0.6) is 5.75 Å². The standard InChI is InChI=1S/C23H28ClNO3/c1-2-27-16-17-28-19-12-10-18(11-13-19)25-22(26)23(14-6-3-7-15-23)20-8-4-5-9-21(20)24/h4-5,8-13H,2-3,6-7,14-17H2,1H3,(H,25,26). The van der Waals surface area contributed by atoms with Crippen LogP contribution >= 0.6 is 11.6 Å². The number of anilines is 1. The number of nitrogens with one attached hydrogen (secondary N) is 1. The minimum absolute atomic E-state index is 0.0188. The molecule has 0 atom stereocenters. The Labute approximate surface area is 172 Å². The molecule has 1 aliphatic rings. The highest BCUT2D eigenvalue weighted by Crippen LogP contribution is 2.43. The summed E-state index contributed by atoms with van der Waals surface area (Å²) >= 11 is 6.48. The van der Waals surface area contributed by atoms with Gasteiger partial charge in [-0.1, -0.05) is 49.1 Å². The first-order valence-corrected chi connectivity index (χ1v) is 10.4. The van der Waals surface area contributed by atoms with E-state index in [0.29, 0.717) is 24.8 Å². The fraction of sp³-hybridized carbons (Fsp3) is 0.435. The topological polar surface area (TPSA) is 47.6 Å². The summed E-state index contributed by atoms with van der Waals surface area (Å²) in [5.74, 6) is 0.779. The lowest BCUT2D eigenvalue weighted by Crippen LogP contribution is -2.42. The van der Waals surface area contributed by atoms with E-state index < -0.39 is 5.41 Å². The lowest BCUT2D eigenvalue weighted by molar-refractivity contribution is -0.122. The fourth-order valence-corrected chi connectivity index (χ4v) is 4.19. The highest BCUT2D eigenvalue weighted by atomic mass is 35.5. The molecular formula is C23H28ClNO3. The van der Waals surface area contributed by atoms with Crippen LogP contribution in [0, 0.1) is 0 Å². The molecule has 0 aromatic heterocycles. The van der Waals surface area contributed by atoms with Crippen molar-refractivity contribution in [2.45, 2.75) is 44.4 Å². The summed E-state index contributed by atoms with van der Waals surface area (Å²) in [6.45, 7) is 3.71. The number of carbonyl (C=O) groups excluding carboxylic acids is 1. The van der Waals surface area contributed by atoms with Crippen molar-refractivity contribution in [3.8, 4) is 5.75 Å². The second-order valence-electron chi connectivity index (χ2n) is 7.15. The molecule has 0 unspecified atom stereocenters. The summed E-state index contributed by atoms with van der Waals surface area (Å²) in [5.41, 5.74) is 1.13. The molecule has 2 aromatic rings. The zero-order valence-electron chi connectivity index (χ0n) is 16.4. The van der Waals surface area contributed by atoms with Crippen LogP contribution in [-0.2, 0) is 14.9 Å². The molecular weight excluding hydrogens is 374 g/mol. The number of hydrogen-bond donors (Lipinski definition) is 1. The van der Waals surface area contributed by atoms with Gasteiger partial charge in [0.1, 0.15) is 12.4 Å². The quantitative estimate of drug-likeness (QED) is 0.586. The first kappa shape index (κ1) is 20.7. The summed E-state index contributed by atoms with van der Waals surface area (Å²) in [7, 11) is 0. The number of ether oxygens (including phenoxy) is 2. The van der Waals surface area contributed by atoms with Crippen LogP contribution in [0.15, 0.2) is 48.5 Å². The molecule has 0 heterocycles. The van der Waals surface area contributed by atoms with Crippen LogP contribution in [0.2, 0.25) is 5.02 Å². The first-order chi connectivity index (χ1) is 13.7. The molecule has 28 heavy (non-hydrogen) atoms. The predicted molar refractivity (Wildman–Crippen MR) is 113 cm³/mol. The van der Waals surface area contributed by atoms with Crippen LogP contribution in [-0.4, -0.2) is 25.7 Å². The maximum atomic E-state index is 13.4. The minimum Gasteiger partial charge on any atom is -0.491 e.